The number of carbonyl (C=O) groups excluding carboxylic acids is 1. The van der Waals surface area contributed by atoms with Crippen molar-refractivity contribution in [3.8, 4) is 0 Å². The summed E-state index contributed by atoms with van der Waals surface area (Å²) in [7, 11) is 0. The van der Waals surface area contributed by atoms with Crippen molar-refractivity contribution in [1.29, 1.82) is 0 Å². The van der Waals surface area contributed by atoms with E-state index in [9.17, 15) is 4.79 Å². The third kappa shape index (κ3) is 4.54. The predicted molar refractivity (Wildman–Crippen MR) is 69.4 cm³/mol. The van der Waals surface area contributed by atoms with E-state index in [2.05, 4.69) is 5.32 Å². The maximum absolute atomic E-state index is 11.4. The number of ether oxygens (including phenoxy) is 1. The molecule has 1 unspecified atom stereocenters. The van der Waals surface area contributed by atoms with E-state index in [0.29, 0.717) is 23.2 Å². The highest BCUT2D eigenvalue weighted by molar-refractivity contribution is 6.35. The van der Waals surface area contributed by atoms with Crippen molar-refractivity contribution in [3.05, 3.63) is 33.8 Å². The monoisotopic (exact) mass is 275 g/mol. The van der Waals surface area contributed by atoms with Gasteiger partial charge in [0.15, 0.2) is 0 Å². The van der Waals surface area contributed by atoms with Crippen molar-refractivity contribution in [2.45, 2.75) is 26.4 Å². The molecule has 0 spiro atoms. The summed E-state index contributed by atoms with van der Waals surface area (Å²) in [5, 5.41) is 4.22. The van der Waals surface area contributed by atoms with E-state index in [1.54, 1.807) is 26.0 Å². The molecule has 0 aliphatic rings. The molecule has 0 bridgehead atoms. The van der Waals surface area contributed by atoms with Gasteiger partial charge in [0.1, 0.15) is 6.04 Å². The fourth-order valence-electron chi connectivity index (χ4n) is 1.28. The number of hydrogen-bond acceptors (Lipinski definition) is 3. The molecule has 1 aromatic rings. The van der Waals surface area contributed by atoms with Gasteiger partial charge in [0.25, 0.3) is 0 Å². The van der Waals surface area contributed by atoms with Gasteiger partial charge in [0, 0.05) is 16.6 Å². The van der Waals surface area contributed by atoms with Crippen molar-refractivity contribution >= 4 is 29.2 Å². The zero-order chi connectivity index (χ0) is 12.8. The first-order valence-corrected chi connectivity index (χ1v) is 6.14. The molecule has 0 heterocycles. The molecule has 0 radical (unpaired) electrons. The van der Waals surface area contributed by atoms with Crippen LogP contribution in [0.4, 0.5) is 0 Å². The van der Waals surface area contributed by atoms with Crippen molar-refractivity contribution in [2.24, 2.45) is 0 Å². The van der Waals surface area contributed by atoms with E-state index in [1.165, 1.54) is 0 Å². The summed E-state index contributed by atoms with van der Waals surface area (Å²) in [4.78, 5) is 11.4. The molecule has 94 valence electrons. The Kier molecular flexibility index (Phi) is 5.75. The summed E-state index contributed by atoms with van der Waals surface area (Å²) in [6.45, 7) is 4.41. The van der Waals surface area contributed by atoms with Crippen molar-refractivity contribution in [2.75, 3.05) is 6.61 Å². The van der Waals surface area contributed by atoms with Gasteiger partial charge in [-0.3, -0.25) is 4.79 Å². The topological polar surface area (TPSA) is 38.3 Å². The quantitative estimate of drug-likeness (QED) is 0.840. The molecule has 0 amide bonds. The molecular formula is C12H15Cl2NO2. The fourth-order valence-corrected chi connectivity index (χ4v) is 1.75. The van der Waals surface area contributed by atoms with Crippen LogP contribution in [0.25, 0.3) is 0 Å². The third-order valence-corrected chi connectivity index (χ3v) is 2.84. The molecule has 1 rings (SSSR count). The van der Waals surface area contributed by atoms with Gasteiger partial charge in [0.05, 0.1) is 6.61 Å². The number of carbonyl (C=O) groups is 1. The van der Waals surface area contributed by atoms with Crippen LogP contribution in [0.3, 0.4) is 0 Å². The number of nitrogens with one attached hydrogen (secondary N) is 1. The second-order valence-electron chi connectivity index (χ2n) is 3.59. The smallest absolute Gasteiger partial charge is 0.322 e. The van der Waals surface area contributed by atoms with Crippen LogP contribution in [0.2, 0.25) is 10.0 Å². The summed E-state index contributed by atoms with van der Waals surface area (Å²) in [5.41, 5.74) is 0.896. The van der Waals surface area contributed by atoms with Crippen LogP contribution in [0.15, 0.2) is 18.2 Å². The highest BCUT2D eigenvalue weighted by atomic mass is 35.5. The first-order chi connectivity index (χ1) is 8.04. The minimum atomic E-state index is -0.360. The zero-order valence-electron chi connectivity index (χ0n) is 9.80. The standard InChI is InChI=1S/C12H15Cl2NO2/c1-3-17-12(16)8(2)15-7-9-4-5-10(13)6-11(9)14/h4-6,8,15H,3,7H2,1-2H3. The molecule has 0 aromatic heterocycles. The Hall–Kier alpha value is -0.770. The zero-order valence-corrected chi connectivity index (χ0v) is 11.3. The van der Waals surface area contributed by atoms with Gasteiger partial charge in [-0.1, -0.05) is 29.3 Å². The van der Waals surface area contributed by atoms with E-state index < -0.39 is 0 Å². The Morgan fingerprint density at radius 2 is 2.18 bits per heavy atom. The van der Waals surface area contributed by atoms with Gasteiger partial charge in [0.2, 0.25) is 0 Å². The SMILES string of the molecule is CCOC(=O)C(C)NCc1ccc(Cl)cc1Cl. The molecule has 0 saturated heterocycles. The van der Waals surface area contributed by atoms with Gasteiger partial charge in [-0.05, 0) is 31.5 Å². The van der Waals surface area contributed by atoms with Crippen LogP contribution in [0.5, 0.6) is 0 Å². The van der Waals surface area contributed by atoms with Crippen LogP contribution in [-0.2, 0) is 16.1 Å². The van der Waals surface area contributed by atoms with Crippen LogP contribution >= 0.6 is 23.2 Å². The number of esters is 1. The van der Waals surface area contributed by atoms with Crippen molar-refractivity contribution in [1.82, 2.24) is 5.32 Å². The molecule has 0 aliphatic heterocycles. The first kappa shape index (κ1) is 14.3. The van der Waals surface area contributed by atoms with Crippen molar-refractivity contribution < 1.29 is 9.53 Å². The highest BCUT2D eigenvalue weighted by Crippen LogP contribution is 2.20. The second kappa shape index (κ2) is 6.84. The van der Waals surface area contributed by atoms with Gasteiger partial charge < -0.3 is 10.1 Å². The summed E-state index contributed by atoms with van der Waals surface area (Å²) < 4.78 is 4.89. The van der Waals surface area contributed by atoms with Gasteiger partial charge >= 0.3 is 5.97 Å². The van der Waals surface area contributed by atoms with Crippen LogP contribution < -0.4 is 5.32 Å². The Bertz CT molecular complexity index is 396. The lowest BCUT2D eigenvalue weighted by molar-refractivity contribution is -0.145. The fraction of sp³-hybridized carbons (Fsp3) is 0.417. The summed E-state index contributed by atoms with van der Waals surface area (Å²) in [5.74, 6) is -0.266. The average molecular weight is 276 g/mol. The van der Waals surface area contributed by atoms with E-state index >= 15 is 0 Å². The maximum atomic E-state index is 11.4. The molecule has 0 saturated carbocycles. The van der Waals surface area contributed by atoms with Gasteiger partial charge in [-0.15, -0.1) is 0 Å². The molecule has 1 N–H and O–H groups in total. The first-order valence-electron chi connectivity index (χ1n) is 5.38. The lowest BCUT2D eigenvalue weighted by atomic mass is 10.2. The minimum Gasteiger partial charge on any atom is -0.465 e. The summed E-state index contributed by atoms with van der Waals surface area (Å²) >= 11 is 11.8. The maximum Gasteiger partial charge on any atom is 0.322 e. The minimum absolute atomic E-state index is 0.266. The summed E-state index contributed by atoms with van der Waals surface area (Å²) in [6.07, 6.45) is 0. The average Bonchev–Trinajstić information content (AvgIpc) is 2.27. The lowest BCUT2D eigenvalue weighted by Gasteiger charge is -2.13. The highest BCUT2D eigenvalue weighted by Gasteiger charge is 2.13. The van der Waals surface area contributed by atoms with Gasteiger partial charge in [-0.25, -0.2) is 0 Å². The molecule has 3 nitrogen and oxygen atoms in total. The molecule has 0 fully saturated rings. The Morgan fingerprint density at radius 3 is 2.76 bits per heavy atom. The molecule has 1 atom stereocenters. The molecule has 17 heavy (non-hydrogen) atoms. The number of benzene rings is 1. The van der Waals surface area contributed by atoms with Crippen LogP contribution in [0.1, 0.15) is 19.4 Å². The number of halogens is 2. The molecule has 1 aromatic carbocycles. The van der Waals surface area contributed by atoms with E-state index in [4.69, 9.17) is 27.9 Å². The Balaban J connectivity index is 2.52. The normalized spacial score (nSPS) is 12.2. The van der Waals surface area contributed by atoms with E-state index in [1.807, 2.05) is 6.07 Å². The van der Waals surface area contributed by atoms with Gasteiger partial charge in [-0.2, -0.15) is 0 Å². The van der Waals surface area contributed by atoms with Crippen LogP contribution in [-0.4, -0.2) is 18.6 Å². The third-order valence-electron chi connectivity index (χ3n) is 2.25. The van der Waals surface area contributed by atoms with Crippen molar-refractivity contribution in [3.63, 3.8) is 0 Å². The predicted octanol–water partition coefficient (Wildman–Crippen LogP) is 3.03. The number of rotatable bonds is 5. The summed E-state index contributed by atoms with van der Waals surface area (Å²) in [6, 6.07) is 4.91. The van der Waals surface area contributed by atoms with E-state index in [0.717, 1.165) is 5.56 Å². The Labute approximate surface area is 111 Å². The van der Waals surface area contributed by atoms with Crippen LogP contribution in [0, 0.1) is 0 Å². The molecular weight excluding hydrogens is 261 g/mol. The second-order valence-corrected chi connectivity index (χ2v) is 4.43. The number of hydrogen-bond donors (Lipinski definition) is 1. The van der Waals surface area contributed by atoms with E-state index in [-0.39, 0.29) is 12.0 Å². The Morgan fingerprint density at radius 1 is 1.47 bits per heavy atom. The lowest BCUT2D eigenvalue weighted by Crippen LogP contribution is -2.34. The largest absolute Gasteiger partial charge is 0.465 e. The molecule has 0 aliphatic carbocycles. The molecule has 5 heteroatoms.